The van der Waals surface area contributed by atoms with Crippen molar-refractivity contribution < 1.29 is 4.79 Å². The molecule has 13 heavy (non-hydrogen) atoms. The highest BCUT2D eigenvalue weighted by Crippen LogP contribution is 2.07. The highest BCUT2D eigenvalue weighted by atomic mass is 16.1. The van der Waals surface area contributed by atoms with Crippen LogP contribution >= 0.6 is 0 Å². The Labute approximate surface area is 78.2 Å². The minimum Gasteiger partial charge on any atom is -0.355 e. The molecular formula is C10H14N2O. The molecule has 0 aliphatic heterocycles. The Balaban J connectivity index is 2.97. The standard InChI is InChI=1S/C10H14N2O/c1-3-5-9-8(10(13)11-2)6-4-7-12-9/h4,6-7H,3,5H2,1-2H3,(H,11,13). The fourth-order valence-corrected chi connectivity index (χ4v) is 1.22. The molecule has 0 aliphatic rings. The second-order valence-corrected chi connectivity index (χ2v) is 2.83. The number of hydrogen-bond acceptors (Lipinski definition) is 2. The molecule has 3 nitrogen and oxygen atoms in total. The summed E-state index contributed by atoms with van der Waals surface area (Å²) in [5, 5.41) is 2.60. The number of nitrogens with one attached hydrogen (secondary N) is 1. The van der Waals surface area contributed by atoms with Gasteiger partial charge < -0.3 is 5.32 Å². The van der Waals surface area contributed by atoms with Crippen molar-refractivity contribution in [1.29, 1.82) is 0 Å². The summed E-state index contributed by atoms with van der Waals surface area (Å²) in [6, 6.07) is 3.58. The van der Waals surface area contributed by atoms with Gasteiger partial charge in [-0.2, -0.15) is 0 Å². The molecule has 3 heteroatoms. The third-order valence-electron chi connectivity index (χ3n) is 1.85. The smallest absolute Gasteiger partial charge is 0.252 e. The van der Waals surface area contributed by atoms with Crippen LogP contribution in [-0.4, -0.2) is 17.9 Å². The monoisotopic (exact) mass is 178 g/mol. The molecule has 70 valence electrons. The largest absolute Gasteiger partial charge is 0.355 e. The molecule has 0 atom stereocenters. The Morgan fingerprint density at radius 1 is 1.62 bits per heavy atom. The van der Waals surface area contributed by atoms with Crippen molar-refractivity contribution >= 4 is 5.91 Å². The maximum atomic E-state index is 11.4. The number of aromatic nitrogens is 1. The molecule has 1 N–H and O–H groups in total. The molecule has 0 saturated carbocycles. The van der Waals surface area contributed by atoms with Gasteiger partial charge in [0, 0.05) is 13.2 Å². The van der Waals surface area contributed by atoms with Crippen molar-refractivity contribution in [3.63, 3.8) is 0 Å². The fourth-order valence-electron chi connectivity index (χ4n) is 1.22. The molecule has 0 unspecified atom stereocenters. The molecule has 0 bridgehead atoms. The molecule has 1 rings (SSSR count). The number of pyridine rings is 1. The summed E-state index contributed by atoms with van der Waals surface area (Å²) < 4.78 is 0. The summed E-state index contributed by atoms with van der Waals surface area (Å²) in [7, 11) is 1.63. The first kappa shape index (κ1) is 9.71. The number of carbonyl (C=O) groups is 1. The van der Waals surface area contributed by atoms with Gasteiger partial charge in [0.15, 0.2) is 0 Å². The van der Waals surface area contributed by atoms with Gasteiger partial charge in [0.2, 0.25) is 0 Å². The van der Waals surface area contributed by atoms with Gasteiger partial charge >= 0.3 is 0 Å². The Kier molecular flexibility index (Phi) is 3.43. The van der Waals surface area contributed by atoms with E-state index in [1.807, 2.05) is 0 Å². The highest BCUT2D eigenvalue weighted by Gasteiger charge is 2.08. The molecule has 0 aromatic carbocycles. The van der Waals surface area contributed by atoms with E-state index in [0.717, 1.165) is 18.5 Å². The maximum Gasteiger partial charge on any atom is 0.252 e. The minimum atomic E-state index is -0.0587. The number of carbonyl (C=O) groups excluding carboxylic acids is 1. The van der Waals surface area contributed by atoms with E-state index in [9.17, 15) is 4.79 Å². The lowest BCUT2D eigenvalue weighted by atomic mass is 10.1. The zero-order valence-corrected chi connectivity index (χ0v) is 8.00. The van der Waals surface area contributed by atoms with Crippen LogP contribution in [0.3, 0.4) is 0 Å². The Bertz CT molecular complexity index is 297. The third-order valence-corrected chi connectivity index (χ3v) is 1.85. The van der Waals surface area contributed by atoms with E-state index in [-0.39, 0.29) is 5.91 Å². The van der Waals surface area contributed by atoms with Crippen LogP contribution < -0.4 is 5.32 Å². The molecule has 1 aromatic heterocycles. The van der Waals surface area contributed by atoms with Crippen molar-refractivity contribution in [2.45, 2.75) is 19.8 Å². The molecule has 0 fully saturated rings. The summed E-state index contributed by atoms with van der Waals surface area (Å²) in [5.74, 6) is -0.0587. The van der Waals surface area contributed by atoms with Gasteiger partial charge in [-0.15, -0.1) is 0 Å². The number of hydrogen-bond donors (Lipinski definition) is 1. The molecule has 1 aromatic rings. The first-order valence-electron chi connectivity index (χ1n) is 4.45. The summed E-state index contributed by atoms with van der Waals surface area (Å²) in [4.78, 5) is 15.5. The van der Waals surface area contributed by atoms with Crippen LogP contribution in [0.1, 0.15) is 29.4 Å². The van der Waals surface area contributed by atoms with Crippen LogP contribution in [0.2, 0.25) is 0 Å². The predicted octanol–water partition coefficient (Wildman–Crippen LogP) is 1.39. The molecular weight excluding hydrogens is 164 g/mol. The van der Waals surface area contributed by atoms with Crippen LogP contribution in [0.4, 0.5) is 0 Å². The van der Waals surface area contributed by atoms with Crippen molar-refractivity contribution in [3.8, 4) is 0 Å². The average Bonchev–Trinajstić information content (AvgIpc) is 2.18. The lowest BCUT2D eigenvalue weighted by molar-refractivity contribution is 0.0961. The summed E-state index contributed by atoms with van der Waals surface area (Å²) in [6.45, 7) is 2.07. The normalized spacial score (nSPS) is 9.69. The van der Waals surface area contributed by atoms with Crippen LogP contribution in [0.25, 0.3) is 0 Å². The zero-order chi connectivity index (χ0) is 9.68. The van der Waals surface area contributed by atoms with Crippen LogP contribution in [0.5, 0.6) is 0 Å². The van der Waals surface area contributed by atoms with Gasteiger partial charge in [0.1, 0.15) is 0 Å². The van der Waals surface area contributed by atoms with Crippen molar-refractivity contribution in [1.82, 2.24) is 10.3 Å². The van der Waals surface area contributed by atoms with Crippen LogP contribution in [0, 0.1) is 0 Å². The molecule has 0 spiro atoms. The van der Waals surface area contributed by atoms with E-state index in [1.165, 1.54) is 0 Å². The summed E-state index contributed by atoms with van der Waals surface area (Å²) in [5.41, 5.74) is 1.57. The van der Waals surface area contributed by atoms with E-state index >= 15 is 0 Å². The Hall–Kier alpha value is -1.38. The van der Waals surface area contributed by atoms with Crippen LogP contribution in [-0.2, 0) is 6.42 Å². The molecule has 0 radical (unpaired) electrons. The SMILES string of the molecule is CCCc1ncccc1C(=O)NC. The molecule has 1 amide bonds. The van der Waals surface area contributed by atoms with Crippen molar-refractivity contribution in [2.24, 2.45) is 0 Å². The van der Waals surface area contributed by atoms with Gasteiger partial charge in [-0.3, -0.25) is 9.78 Å². The van der Waals surface area contributed by atoms with E-state index in [1.54, 1.807) is 25.4 Å². The average molecular weight is 178 g/mol. The van der Waals surface area contributed by atoms with Crippen LogP contribution in [0.15, 0.2) is 18.3 Å². The summed E-state index contributed by atoms with van der Waals surface area (Å²) >= 11 is 0. The number of aryl methyl sites for hydroxylation is 1. The van der Waals surface area contributed by atoms with Gasteiger partial charge in [-0.1, -0.05) is 13.3 Å². The fraction of sp³-hybridized carbons (Fsp3) is 0.400. The first-order chi connectivity index (χ1) is 6.29. The van der Waals surface area contributed by atoms with Gasteiger partial charge in [0.05, 0.1) is 11.3 Å². The van der Waals surface area contributed by atoms with E-state index in [4.69, 9.17) is 0 Å². The minimum absolute atomic E-state index is 0.0587. The lowest BCUT2D eigenvalue weighted by Gasteiger charge is -2.04. The topological polar surface area (TPSA) is 42.0 Å². The van der Waals surface area contributed by atoms with Gasteiger partial charge in [-0.25, -0.2) is 0 Å². The third kappa shape index (κ3) is 2.28. The van der Waals surface area contributed by atoms with Gasteiger partial charge in [-0.05, 0) is 18.6 Å². The second-order valence-electron chi connectivity index (χ2n) is 2.83. The zero-order valence-electron chi connectivity index (χ0n) is 8.00. The maximum absolute atomic E-state index is 11.4. The molecule has 0 saturated heterocycles. The first-order valence-corrected chi connectivity index (χ1v) is 4.45. The quantitative estimate of drug-likeness (QED) is 0.760. The van der Waals surface area contributed by atoms with E-state index in [0.29, 0.717) is 5.56 Å². The highest BCUT2D eigenvalue weighted by molar-refractivity contribution is 5.94. The number of amides is 1. The predicted molar refractivity (Wildman–Crippen MR) is 51.6 cm³/mol. The van der Waals surface area contributed by atoms with Gasteiger partial charge in [0.25, 0.3) is 5.91 Å². The Morgan fingerprint density at radius 3 is 3.00 bits per heavy atom. The lowest BCUT2D eigenvalue weighted by Crippen LogP contribution is -2.20. The van der Waals surface area contributed by atoms with E-state index in [2.05, 4.69) is 17.2 Å². The number of nitrogens with zero attached hydrogens (tertiary/aromatic N) is 1. The number of rotatable bonds is 3. The van der Waals surface area contributed by atoms with E-state index < -0.39 is 0 Å². The second kappa shape index (κ2) is 4.60. The van der Waals surface area contributed by atoms with Crippen molar-refractivity contribution in [3.05, 3.63) is 29.6 Å². The summed E-state index contributed by atoms with van der Waals surface area (Å²) in [6.07, 6.45) is 3.57. The molecule has 0 aliphatic carbocycles. The Morgan fingerprint density at radius 2 is 2.38 bits per heavy atom. The van der Waals surface area contributed by atoms with Crippen molar-refractivity contribution in [2.75, 3.05) is 7.05 Å². The molecule has 1 heterocycles.